The van der Waals surface area contributed by atoms with E-state index < -0.39 is 0 Å². The maximum absolute atomic E-state index is 9.67. The fourth-order valence-electron chi connectivity index (χ4n) is 1.85. The molecule has 16 heavy (non-hydrogen) atoms. The molecule has 5 heteroatoms. The molecule has 1 aromatic rings. The highest BCUT2D eigenvalue weighted by Gasteiger charge is 2.26. The van der Waals surface area contributed by atoms with Crippen LogP contribution in [0.25, 0.3) is 0 Å². The molecule has 0 unspecified atom stereocenters. The van der Waals surface area contributed by atoms with Gasteiger partial charge < -0.3 is 10.8 Å². The van der Waals surface area contributed by atoms with E-state index >= 15 is 0 Å². The second-order valence-electron chi connectivity index (χ2n) is 4.05. The first-order chi connectivity index (χ1) is 7.09. The molecule has 0 saturated heterocycles. The molecule has 0 aromatic heterocycles. The minimum atomic E-state index is 0. The summed E-state index contributed by atoms with van der Waals surface area (Å²) < 4.78 is 1.79. The van der Waals surface area contributed by atoms with Gasteiger partial charge in [0.15, 0.2) is 0 Å². The van der Waals surface area contributed by atoms with Crippen LogP contribution >= 0.6 is 57.6 Å². The van der Waals surface area contributed by atoms with Crippen molar-refractivity contribution in [1.29, 1.82) is 0 Å². The molecule has 0 radical (unpaired) electrons. The number of benzene rings is 1. The van der Waals surface area contributed by atoms with Crippen LogP contribution < -0.4 is 5.73 Å². The lowest BCUT2D eigenvalue weighted by molar-refractivity contribution is 0.264. The number of nitrogens with two attached hydrogens (primary N) is 1. The minimum Gasteiger partial charge on any atom is -0.506 e. The Kier molecular flexibility index (Phi) is 5.60. The fourth-order valence-corrected chi connectivity index (χ4v) is 3.66. The quantitative estimate of drug-likeness (QED) is 0.653. The number of phenols is 1. The Morgan fingerprint density at radius 2 is 1.75 bits per heavy atom. The van der Waals surface area contributed by atoms with Crippen LogP contribution in [0.2, 0.25) is 0 Å². The molecule has 0 amide bonds. The zero-order chi connectivity index (χ0) is 11.0. The molecule has 2 rings (SSSR count). The first kappa shape index (κ1) is 14.8. The van der Waals surface area contributed by atoms with Gasteiger partial charge in [-0.25, -0.2) is 0 Å². The minimum absolute atomic E-state index is 0. The second-order valence-corrected chi connectivity index (χ2v) is 6.37. The van der Waals surface area contributed by atoms with Crippen LogP contribution in [0.4, 0.5) is 0 Å². The maximum atomic E-state index is 9.67. The van der Waals surface area contributed by atoms with Gasteiger partial charge in [-0.05, 0) is 81.6 Å². The highest BCUT2D eigenvalue weighted by atomic mass is 127. The predicted molar refractivity (Wildman–Crippen MR) is 85.1 cm³/mol. The molecule has 0 heterocycles. The van der Waals surface area contributed by atoms with Gasteiger partial charge in [-0.15, -0.1) is 12.4 Å². The van der Waals surface area contributed by atoms with Crippen molar-refractivity contribution < 1.29 is 5.11 Å². The van der Waals surface area contributed by atoms with Crippen LogP contribution in [-0.4, -0.2) is 5.11 Å². The monoisotopic (exact) mass is 465 g/mol. The fraction of sp³-hybridized carbons (Fsp3) is 0.455. The Labute approximate surface area is 129 Å². The summed E-state index contributed by atoms with van der Waals surface area (Å²) in [4.78, 5) is 0. The summed E-state index contributed by atoms with van der Waals surface area (Å²) >= 11 is 4.30. The lowest BCUT2D eigenvalue weighted by atomic mass is 9.77. The molecular formula is C11H14ClI2NO. The third kappa shape index (κ3) is 2.94. The molecule has 90 valence electrons. The van der Waals surface area contributed by atoms with Crippen molar-refractivity contribution in [2.24, 2.45) is 11.7 Å². The Hall–Kier alpha value is 0.730. The zero-order valence-electron chi connectivity index (χ0n) is 8.62. The molecular weight excluding hydrogens is 451 g/mol. The third-order valence-corrected chi connectivity index (χ3v) is 4.73. The summed E-state index contributed by atoms with van der Waals surface area (Å²) in [6.07, 6.45) is 3.80. The third-order valence-electron chi connectivity index (χ3n) is 3.08. The average molecular weight is 466 g/mol. The standard InChI is InChI=1S/C11H13I2NO.ClH/c12-8-4-7(5-9(13)11(8)15)10(14)6-2-1-3-6;/h4-6,10,15H,1-3,14H2;1H/t10-;/m1./s1. The molecule has 1 fully saturated rings. The summed E-state index contributed by atoms with van der Waals surface area (Å²) in [5, 5.41) is 9.67. The molecule has 1 saturated carbocycles. The van der Waals surface area contributed by atoms with Crippen LogP contribution in [0.5, 0.6) is 5.75 Å². The molecule has 1 aliphatic rings. The van der Waals surface area contributed by atoms with Gasteiger partial charge in [0.05, 0.1) is 7.14 Å². The van der Waals surface area contributed by atoms with Crippen molar-refractivity contribution in [2.45, 2.75) is 25.3 Å². The van der Waals surface area contributed by atoms with Gasteiger partial charge in [-0.1, -0.05) is 6.42 Å². The van der Waals surface area contributed by atoms with Crippen molar-refractivity contribution in [1.82, 2.24) is 0 Å². The summed E-state index contributed by atoms with van der Waals surface area (Å²) in [6, 6.07) is 4.14. The van der Waals surface area contributed by atoms with Gasteiger partial charge in [-0.3, -0.25) is 0 Å². The summed E-state index contributed by atoms with van der Waals surface area (Å²) in [5.41, 5.74) is 7.36. The van der Waals surface area contributed by atoms with Crippen molar-refractivity contribution in [3.05, 3.63) is 24.8 Å². The smallest absolute Gasteiger partial charge is 0.142 e. The molecule has 1 aliphatic carbocycles. The van der Waals surface area contributed by atoms with Gasteiger partial charge in [-0.2, -0.15) is 0 Å². The Morgan fingerprint density at radius 3 is 2.12 bits per heavy atom. The van der Waals surface area contributed by atoms with E-state index in [9.17, 15) is 5.11 Å². The Bertz CT molecular complexity index is 359. The topological polar surface area (TPSA) is 46.2 Å². The molecule has 0 spiro atoms. The lowest BCUT2D eigenvalue weighted by Crippen LogP contribution is -2.26. The molecule has 3 N–H and O–H groups in total. The Morgan fingerprint density at radius 1 is 1.25 bits per heavy atom. The van der Waals surface area contributed by atoms with E-state index in [1.165, 1.54) is 19.3 Å². The van der Waals surface area contributed by atoms with E-state index in [4.69, 9.17) is 5.73 Å². The van der Waals surface area contributed by atoms with Crippen LogP contribution in [0, 0.1) is 13.1 Å². The molecule has 1 aromatic carbocycles. The van der Waals surface area contributed by atoms with E-state index in [1.54, 1.807) is 0 Å². The van der Waals surface area contributed by atoms with E-state index in [0.717, 1.165) is 12.7 Å². The highest BCUT2D eigenvalue weighted by molar-refractivity contribution is 14.1. The van der Waals surface area contributed by atoms with E-state index in [0.29, 0.717) is 11.7 Å². The first-order valence-corrected chi connectivity index (χ1v) is 7.19. The van der Waals surface area contributed by atoms with E-state index in [1.807, 2.05) is 12.1 Å². The molecule has 1 atom stereocenters. The summed E-state index contributed by atoms with van der Waals surface area (Å²) in [5.74, 6) is 1.02. The molecule has 0 bridgehead atoms. The summed E-state index contributed by atoms with van der Waals surface area (Å²) in [7, 11) is 0. The number of hydrogen-bond acceptors (Lipinski definition) is 2. The number of rotatable bonds is 2. The largest absolute Gasteiger partial charge is 0.506 e. The van der Waals surface area contributed by atoms with Crippen LogP contribution in [0.1, 0.15) is 30.9 Å². The maximum Gasteiger partial charge on any atom is 0.142 e. The van der Waals surface area contributed by atoms with E-state index in [2.05, 4.69) is 45.2 Å². The SMILES string of the molecule is Cl.N[C@@H](c1cc(I)c(O)c(I)c1)C1CCC1. The van der Waals surface area contributed by atoms with Gasteiger partial charge >= 0.3 is 0 Å². The van der Waals surface area contributed by atoms with Crippen LogP contribution in [0.3, 0.4) is 0 Å². The van der Waals surface area contributed by atoms with E-state index in [-0.39, 0.29) is 18.4 Å². The highest BCUT2D eigenvalue weighted by Crippen LogP contribution is 2.38. The lowest BCUT2D eigenvalue weighted by Gasteiger charge is -2.31. The van der Waals surface area contributed by atoms with Gasteiger partial charge in [0.25, 0.3) is 0 Å². The van der Waals surface area contributed by atoms with Crippen molar-refractivity contribution >= 4 is 57.6 Å². The summed E-state index contributed by atoms with van der Waals surface area (Å²) in [6.45, 7) is 0. The van der Waals surface area contributed by atoms with Crippen LogP contribution in [-0.2, 0) is 0 Å². The number of aromatic hydroxyl groups is 1. The predicted octanol–water partition coefficient (Wildman–Crippen LogP) is 3.82. The van der Waals surface area contributed by atoms with Gasteiger partial charge in [0, 0.05) is 6.04 Å². The van der Waals surface area contributed by atoms with Crippen LogP contribution in [0.15, 0.2) is 12.1 Å². The molecule has 2 nitrogen and oxygen atoms in total. The van der Waals surface area contributed by atoms with Gasteiger partial charge in [0.1, 0.15) is 5.75 Å². The number of hydrogen-bond donors (Lipinski definition) is 2. The zero-order valence-corrected chi connectivity index (χ0v) is 13.8. The second kappa shape index (κ2) is 6.06. The Balaban J connectivity index is 0.00000128. The van der Waals surface area contributed by atoms with Crippen molar-refractivity contribution in [3.63, 3.8) is 0 Å². The average Bonchev–Trinajstić information content (AvgIpc) is 2.10. The normalized spacial score (nSPS) is 17.4. The number of halogens is 3. The van der Waals surface area contributed by atoms with Crippen molar-refractivity contribution in [2.75, 3.05) is 0 Å². The number of phenolic OH excluding ortho intramolecular Hbond substituents is 1. The van der Waals surface area contributed by atoms with Gasteiger partial charge in [0.2, 0.25) is 0 Å². The van der Waals surface area contributed by atoms with Crippen molar-refractivity contribution in [3.8, 4) is 5.75 Å². The molecule has 0 aliphatic heterocycles. The first-order valence-electron chi connectivity index (χ1n) is 5.03.